The molecule has 6 heterocycles. The maximum absolute atomic E-state index is 13.2. The minimum atomic E-state index is -3.83. The highest BCUT2D eigenvalue weighted by Gasteiger charge is 2.40. The predicted octanol–water partition coefficient (Wildman–Crippen LogP) is 6.59. The SMILES string of the molecule is O=C1CCC(N2Cc3c(SCCCCCCN4CCN(C5CCN(c6ncc(C(=O)Nc7ccc(OC(F)(F)Cl)cc7)cc6-c6ccn[nH]6)CC5)CC4)cccc3C2=O)C(=O)N1. The summed E-state index contributed by atoms with van der Waals surface area (Å²) in [6, 6.07) is 14.9. The molecule has 1 atom stereocenters. The van der Waals surface area contributed by atoms with Gasteiger partial charge in [-0.3, -0.25) is 34.5 Å². The first-order valence-corrected chi connectivity index (χ1v) is 22.6. The molecule has 3 saturated heterocycles. The fourth-order valence-corrected chi connectivity index (χ4v) is 10.0. The average Bonchev–Trinajstić information content (AvgIpc) is 3.93. The van der Waals surface area contributed by atoms with Gasteiger partial charge >= 0.3 is 5.57 Å². The lowest BCUT2D eigenvalue weighted by Gasteiger charge is -2.43. The fraction of sp³-hybridized carbons (Fsp3) is 0.455. The third-order valence-corrected chi connectivity index (χ3v) is 13.4. The average molecular weight is 890 g/mol. The van der Waals surface area contributed by atoms with E-state index in [9.17, 15) is 28.0 Å². The van der Waals surface area contributed by atoms with Crippen LogP contribution in [0.4, 0.5) is 20.3 Å². The van der Waals surface area contributed by atoms with Gasteiger partial charge in [-0.2, -0.15) is 5.10 Å². The number of hydrogen-bond acceptors (Lipinski definition) is 11. The number of thioether (sulfide) groups is 1. The zero-order valence-corrected chi connectivity index (χ0v) is 35.9. The van der Waals surface area contributed by atoms with Gasteiger partial charge < -0.3 is 24.8 Å². The lowest BCUT2D eigenvalue weighted by atomic mass is 10.0. The number of halogens is 3. The van der Waals surface area contributed by atoms with Crippen LogP contribution in [0.15, 0.2) is 71.9 Å². The van der Waals surface area contributed by atoms with Crippen molar-refractivity contribution in [3.63, 3.8) is 0 Å². The number of H-pyrrole nitrogens is 1. The lowest BCUT2D eigenvalue weighted by molar-refractivity contribution is -0.136. The Hall–Kier alpha value is -5.10. The number of unbranched alkanes of at least 4 members (excludes halogenated alkanes) is 3. The number of benzene rings is 2. The number of ether oxygens (including phenoxy) is 1. The van der Waals surface area contributed by atoms with Crippen LogP contribution in [0, 0.1) is 0 Å². The number of hydrogen-bond donors (Lipinski definition) is 3. The number of fused-ring (bicyclic) bond motifs is 1. The monoisotopic (exact) mass is 889 g/mol. The Morgan fingerprint density at radius 2 is 1.71 bits per heavy atom. The van der Waals surface area contributed by atoms with Crippen molar-refractivity contribution >= 4 is 58.5 Å². The molecule has 0 spiro atoms. The first-order chi connectivity index (χ1) is 30.0. The Morgan fingerprint density at radius 3 is 2.44 bits per heavy atom. The Bertz CT molecular complexity index is 2230. The van der Waals surface area contributed by atoms with Crippen molar-refractivity contribution in [1.82, 2.24) is 35.2 Å². The highest BCUT2D eigenvalue weighted by atomic mass is 35.5. The molecule has 18 heteroatoms. The van der Waals surface area contributed by atoms with E-state index in [0.717, 1.165) is 105 Å². The predicted molar refractivity (Wildman–Crippen MR) is 233 cm³/mol. The van der Waals surface area contributed by atoms with Crippen molar-refractivity contribution in [2.75, 3.05) is 61.8 Å². The first-order valence-electron chi connectivity index (χ1n) is 21.3. The van der Waals surface area contributed by atoms with Crippen molar-refractivity contribution < 1.29 is 32.7 Å². The summed E-state index contributed by atoms with van der Waals surface area (Å²) < 4.78 is 30.3. The normalized spacial score (nSPS) is 19.1. The number of aromatic amines is 1. The maximum atomic E-state index is 13.2. The highest BCUT2D eigenvalue weighted by Crippen LogP contribution is 2.36. The third-order valence-electron chi connectivity index (χ3n) is 12.1. The van der Waals surface area contributed by atoms with Gasteiger partial charge in [0.25, 0.3) is 11.8 Å². The molecule has 62 heavy (non-hydrogen) atoms. The van der Waals surface area contributed by atoms with E-state index in [4.69, 9.17) is 16.6 Å². The Kier molecular flexibility index (Phi) is 13.7. The summed E-state index contributed by atoms with van der Waals surface area (Å²) in [5.41, 5.74) is 0.0815. The molecule has 8 rings (SSSR count). The van der Waals surface area contributed by atoms with Crippen LogP contribution in [0.1, 0.15) is 77.6 Å². The van der Waals surface area contributed by atoms with Gasteiger partial charge in [0, 0.05) is 104 Å². The largest absolute Gasteiger partial charge is 0.487 e. The smallest absolute Gasteiger partial charge is 0.420 e. The maximum Gasteiger partial charge on any atom is 0.487 e. The number of piperazine rings is 1. The summed E-state index contributed by atoms with van der Waals surface area (Å²) in [4.78, 5) is 65.5. The summed E-state index contributed by atoms with van der Waals surface area (Å²) >= 11 is 6.63. The Balaban J connectivity index is 0.741. The first kappa shape index (κ1) is 43.5. The van der Waals surface area contributed by atoms with Crippen LogP contribution in [0.5, 0.6) is 5.75 Å². The molecule has 3 N–H and O–H groups in total. The number of carbonyl (C=O) groups excluding carboxylic acids is 4. The summed E-state index contributed by atoms with van der Waals surface area (Å²) in [6.07, 6.45) is 10.5. The molecular formula is C44H50ClF2N9O5S. The second-order valence-corrected chi connectivity index (χ2v) is 17.7. The second-order valence-electron chi connectivity index (χ2n) is 16.1. The van der Waals surface area contributed by atoms with Crippen molar-refractivity contribution in [3.05, 3.63) is 83.7 Å². The molecule has 0 saturated carbocycles. The number of rotatable bonds is 16. The van der Waals surface area contributed by atoms with E-state index in [-0.39, 0.29) is 29.9 Å². The number of pyridine rings is 1. The van der Waals surface area contributed by atoms with E-state index in [0.29, 0.717) is 35.8 Å². The minimum absolute atomic E-state index is 0.130. The topological polar surface area (TPSA) is 156 Å². The molecule has 0 radical (unpaired) electrons. The number of anilines is 2. The summed E-state index contributed by atoms with van der Waals surface area (Å²) in [5, 5.41) is 12.3. The molecule has 328 valence electrons. The van der Waals surface area contributed by atoms with E-state index in [2.05, 4.69) is 46.3 Å². The van der Waals surface area contributed by atoms with Crippen LogP contribution in [0.2, 0.25) is 0 Å². The Labute approximate surface area is 368 Å². The summed E-state index contributed by atoms with van der Waals surface area (Å²) in [6.45, 7) is 7.45. The zero-order valence-electron chi connectivity index (χ0n) is 34.3. The minimum Gasteiger partial charge on any atom is -0.420 e. The van der Waals surface area contributed by atoms with Crippen LogP contribution in [-0.2, 0) is 16.1 Å². The van der Waals surface area contributed by atoms with Gasteiger partial charge in [-0.05, 0) is 98.5 Å². The van der Waals surface area contributed by atoms with Gasteiger partial charge in [-0.1, -0.05) is 18.9 Å². The molecular weight excluding hydrogens is 840 g/mol. The van der Waals surface area contributed by atoms with Gasteiger partial charge in [0.15, 0.2) is 0 Å². The quantitative estimate of drug-likeness (QED) is 0.0483. The van der Waals surface area contributed by atoms with Crippen LogP contribution in [0.3, 0.4) is 0 Å². The molecule has 4 aliphatic rings. The molecule has 1 unspecified atom stereocenters. The van der Waals surface area contributed by atoms with E-state index >= 15 is 0 Å². The van der Waals surface area contributed by atoms with Crippen molar-refractivity contribution in [3.8, 4) is 17.0 Å². The van der Waals surface area contributed by atoms with Crippen LogP contribution in [0.25, 0.3) is 11.3 Å². The van der Waals surface area contributed by atoms with Crippen LogP contribution in [-0.4, -0.2) is 123 Å². The van der Waals surface area contributed by atoms with E-state index in [1.54, 1.807) is 35.1 Å². The number of nitrogens with zero attached hydrogens (tertiary/aromatic N) is 6. The lowest BCUT2D eigenvalue weighted by Crippen LogP contribution is -2.53. The number of imide groups is 1. The van der Waals surface area contributed by atoms with Crippen LogP contribution < -0.4 is 20.3 Å². The molecule has 4 aromatic rings. The standard InChI is InChI=1S/C44H50ClF2N9O5S/c45-44(46,47)61-32-10-8-30(9-11-32)50-41(58)29-26-34(36-14-17-49-52-36)40(48-27-29)55-19-15-31(16-20-55)54-23-21-53(22-24-54)18-3-1-2-4-25-62-38-7-5-6-33-35(38)28-56(43(33)60)37-12-13-39(57)51-42(37)59/h5-11,14,17,26-27,31,37H,1-4,12-13,15-16,18-25,28H2,(H,49,52)(H,50,58)(H,51,57,59). The van der Waals surface area contributed by atoms with Crippen molar-refractivity contribution in [1.29, 1.82) is 0 Å². The summed E-state index contributed by atoms with van der Waals surface area (Å²) in [7, 11) is 0. The van der Waals surface area contributed by atoms with Gasteiger partial charge in [0.05, 0.1) is 11.3 Å². The number of piperidine rings is 2. The van der Waals surface area contributed by atoms with Gasteiger partial charge in [0.2, 0.25) is 11.8 Å². The molecule has 2 aromatic heterocycles. The molecule has 0 aliphatic carbocycles. The van der Waals surface area contributed by atoms with E-state index in [1.807, 2.05) is 18.2 Å². The van der Waals surface area contributed by atoms with Gasteiger partial charge in [-0.15, -0.1) is 20.5 Å². The Morgan fingerprint density at radius 1 is 0.935 bits per heavy atom. The molecule has 0 bridgehead atoms. The number of nitrogens with one attached hydrogen (secondary N) is 3. The second kappa shape index (κ2) is 19.5. The molecule has 4 aliphatic heterocycles. The van der Waals surface area contributed by atoms with Gasteiger partial charge in [0.1, 0.15) is 17.6 Å². The van der Waals surface area contributed by atoms with Crippen LogP contribution >= 0.6 is 23.4 Å². The third kappa shape index (κ3) is 10.6. The van der Waals surface area contributed by atoms with Gasteiger partial charge in [-0.25, -0.2) is 4.98 Å². The molecule has 4 amide bonds. The molecule has 14 nitrogen and oxygen atoms in total. The zero-order chi connectivity index (χ0) is 43.2. The van der Waals surface area contributed by atoms with Crippen molar-refractivity contribution in [2.24, 2.45) is 0 Å². The fourth-order valence-electron chi connectivity index (χ4n) is 8.84. The molecule has 2 aromatic carbocycles. The molecule has 3 fully saturated rings. The number of aromatic nitrogens is 3. The highest BCUT2D eigenvalue weighted by molar-refractivity contribution is 7.99. The summed E-state index contributed by atoms with van der Waals surface area (Å²) in [5.74, 6) is 0.436. The number of carbonyl (C=O) groups is 4. The van der Waals surface area contributed by atoms with E-state index < -0.39 is 17.5 Å². The van der Waals surface area contributed by atoms with Crippen molar-refractivity contribution in [2.45, 2.75) is 80.5 Å². The number of amides is 4. The van der Waals surface area contributed by atoms with E-state index in [1.165, 1.54) is 37.1 Å². The number of alkyl halides is 3.